The van der Waals surface area contributed by atoms with Gasteiger partial charge in [0.1, 0.15) is 5.82 Å². The summed E-state index contributed by atoms with van der Waals surface area (Å²) in [6, 6.07) is 12.4. The lowest BCUT2D eigenvalue weighted by Crippen LogP contribution is -2.22. The molecule has 0 spiro atoms. The third-order valence-electron chi connectivity index (χ3n) is 2.67. The maximum absolute atomic E-state index is 4.64. The van der Waals surface area contributed by atoms with Gasteiger partial charge in [-0.15, -0.1) is 0 Å². The molecule has 0 atom stereocenters. The number of benzene rings is 1. The van der Waals surface area contributed by atoms with Crippen molar-refractivity contribution in [3.63, 3.8) is 0 Å². The molecule has 0 aliphatic heterocycles. The van der Waals surface area contributed by atoms with Gasteiger partial charge in [0, 0.05) is 18.5 Å². The summed E-state index contributed by atoms with van der Waals surface area (Å²) >= 11 is 0. The normalized spacial score (nSPS) is 10.5. The van der Waals surface area contributed by atoms with Crippen LogP contribution in [0.15, 0.2) is 36.4 Å². The summed E-state index contributed by atoms with van der Waals surface area (Å²) < 4.78 is 0. The standard InChI is InChI=1S/C13H16N2/c1-3-15(4-2)13-10-9-11-7-5-6-8-12(11)14-13/h5-10H,3-4H2,1-2H3. The van der Waals surface area contributed by atoms with Crippen molar-refractivity contribution in [2.75, 3.05) is 18.0 Å². The van der Waals surface area contributed by atoms with E-state index < -0.39 is 0 Å². The first-order valence-corrected chi connectivity index (χ1v) is 5.46. The van der Waals surface area contributed by atoms with Crippen molar-refractivity contribution >= 4 is 16.7 Å². The van der Waals surface area contributed by atoms with Crippen LogP contribution in [0, 0.1) is 0 Å². The highest BCUT2D eigenvalue weighted by Crippen LogP contribution is 2.17. The average Bonchev–Trinajstić information content (AvgIpc) is 2.30. The molecule has 2 nitrogen and oxygen atoms in total. The lowest BCUT2D eigenvalue weighted by Gasteiger charge is -2.19. The highest BCUT2D eigenvalue weighted by molar-refractivity contribution is 5.80. The molecule has 2 aromatic rings. The zero-order valence-electron chi connectivity index (χ0n) is 9.27. The Bertz CT molecular complexity index is 447. The van der Waals surface area contributed by atoms with Gasteiger partial charge in [0.05, 0.1) is 5.52 Å². The summed E-state index contributed by atoms with van der Waals surface area (Å²) in [5.74, 6) is 1.07. The lowest BCUT2D eigenvalue weighted by atomic mass is 10.2. The van der Waals surface area contributed by atoms with Crippen molar-refractivity contribution in [1.29, 1.82) is 0 Å². The molecule has 1 heterocycles. The monoisotopic (exact) mass is 200 g/mol. The number of fused-ring (bicyclic) bond motifs is 1. The SMILES string of the molecule is CCN(CC)c1ccc2ccccc2n1. The highest BCUT2D eigenvalue weighted by Gasteiger charge is 2.03. The Morgan fingerprint density at radius 2 is 1.73 bits per heavy atom. The van der Waals surface area contributed by atoms with Crippen LogP contribution in [-0.2, 0) is 0 Å². The molecule has 0 bridgehead atoms. The molecule has 0 amide bonds. The molecule has 0 radical (unpaired) electrons. The molecular formula is C13H16N2. The molecule has 0 saturated carbocycles. The first-order chi connectivity index (χ1) is 7.35. The van der Waals surface area contributed by atoms with Gasteiger partial charge >= 0.3 is 0 Å². The summed E-state index contributed by atoms with van der Waals surface area (Å²) in [7, 11) is 0. The van der Waals surface area contributed by atoms with Gasteiger partial charge in [-0.25, -0.2) is 4.98 Å². The fourth-order valence-electron chi connectivity index (χ4n) is 1.78. The van der Waals surface area contributed by atoms with Crippen LogP contribution in [-0.4, -0.2) is 18.1 Å². The van der Waals surface area contributed by atoms with Crippen molar-refractivity contribution in [3.8, 4) is 0 Å². The molecule has 0 saturated heterocycles. The molecule has 0 unspecified atom stereocenters. The Morgan fingerprint density at radius 3 is 2.47 bits per heavy atom. The first kappa shape index (κ1) is 9.97. The van der Waals surface area contributed by atoms with Crippen molar-refractivity contribution < 1.29 is 0 Å². The van der Waals surface area contributed by atoms with E-state index in [1.165, 1.54) is 5.39 Å². The van der Waals surface area contributed by atoms with Crippen LogP contribution in [0.2, 0.25) is 0 Å². The summed E-state index contributed by atoms with van der Waals surface area (Å²) in [6.07, 6.45) is 0. The van der Waals surface area contributed by atoms with Gasteiger partial charge in [0.25, 0.3) is 0 Å². The quantitative estimate of drug-likeness (QED) is 0.757. The number of hydrogen-bond acceptors (Lipinski definition) is 2. The summed E-state index contributed by atoms with van der Waals surface area (Å²) in [5, 5.41) is 1.20. The van der Waals surface area contributed by atoms with Gasteiger partial charge in [0.15, 0.2) is 0 Å². The molecule has 0 aliphatic carbocycles. The second-order valence-electron chi connectivity index (χ2n) is 3.53. The van der Waals surface area contributed by atoms with Gasteiger partial charge < -0.3 is 4.90 Å². The van der Waals surface area contributed by atoms with Crippen LogP contribution in [0.1, 0.15) is 13.8 Å². The van der Waals surface area contributed by atoms with Crippen LogP contribution in [0.3, 0.4) is 0 Å². The largest absolute Gasteiger partial charge is 0.357 e. The second kappa shape index (κ2) is 4.30. The number of aromatic nitrogens is 1. The Balaban J connectivity index is 2.46. The van der Waals surface area contributed by atoms with E-state index in [-0.39, 0.29) is 0 Å². The molecule has 2 heteroatoms. The third-order valence-corrected chi connectivity index (χ3v) is 2.67. The minimum Gasteiger partial charge on any atom is -0.357 e. The zero-order chi connectivity index (χ0) is 10.7. The van der Waals surface area contributed by atoms with Crippen LogP contribution < -0.4 is 4.90 Å². The Morgan fingerprint density at radius 1 is 1.00 bits per heavy atom. The smallest absolute Gasteiger partial charge is 0.129 e. The van der Waals surface area contributed by atoms with Crippen molar-refractivity contribution in [1.82, 2.24) is 4.98 Å². The van der Waals surface area contributed by atoms with E-state index in [1.807, 2.05) is 12.1 Å². The minimum absolute atomic E-state index is 1.00. The minimum atomic E-state index is 1.00. The van der Waals surface area contributed by atoms with E-state index in [2.05, 4.69) is 48.0 Å². The Labute approximate surface area is 90.6 Å². The number of hydrogen-bond donors (Lipinski definition) is 0. The van der Waals surface area contributed by atoms with Gasteiger partial charge in [-0.1, -0.05) is 18.2 Å². The number of anilines is 1. The van der Waals surface area contributed by atoms with Crippen LogP contribution in [0.25, 0.3) is 10.9 Å². The Hall–Kier alpha value is -1.57. The number of para-hydroxylation sites is 1. The summed E-state index contributed by atoms with van der Waals surface area (Å²) in [4.78, 5) is 6.90. The zero-order valence-corrected chi connectivity index (χ0v) is 9.27. The molecule has 0 fully saturated rings. The number of rotatable bonds is 3. The lowest BCUT2D eigenvalue weighted by molar-refractivity contribution is 0.850. The van der Waals surface area contributed by atoms with Gasteiger partial charge in [-0.2, -0.15) is 0 Å². The van der Waals surface area contributed by atoms with Gasteiger partial charge in [0.2, 0.25) is 0 Å². The van der Waals surface area contributed by atoms with Crippen molar-refractivity contribution in [2.45, 2.75) is 13.8 Å². The van der Waals surface area contributed by atoms with Crippen LogP contribution in [0.4, 0.5) is 5.82 Å². The highest BCUT2D eigenvalue weighted by atomic mass is 15.2. The second-order valence-corrected chi connectivity index (χ2v) is 3.53. The third kappa shape index (κ3) is 1.94. The molecule has 0 N–H and O–H groups in total. The fourth-order valence-corrected chi connectivity index (χ4v) is 1.78. The predicted octanol–water partition coefficient (Wildman–Crippen LogP) is 3.08. The molecule has 0 aliphatic rings. The van der Waals surface area contributed by atoms with E-state index in [0.717, 1.165) is 24.4 Å². The van der Waals surface area contributed by atoms with E-state index in [1.54, 1.807) is 0 Å². The molecule has 1 aromatic heterocycles. The van der Waals surface area contributed by atoms with E-state index in [9.17, 15) is 0 Å². The topological polar surface area (TPSA) is 16.1 Å². The molecular weight excluding hydrogens is 184 g/mol. The maximum Gasteiger partial charge on any atom is 0.129 e. The summed E-state index contributed by atoms with van der Waals surface area (Å²) in [6.45, 7) is 6.31. The predicted molar refractivity (Wildman–Crippen MR) is 65.3 cm³/mol. The van der Waals surface area contributed by atoms with E-state index >= 15 is 0 Å². The fraction of sp³-hybridized carbons (Fsp3) is 0.308. The number of pyridine rings is 1. The van der Waals surface area contributed by atoms with Gasteiger partial charge in [-0.3, -0.25) is 0 Å². The molecule has 15 heavy (non-hydrogen) atoms. The molecule has 1 aromatic carbocycles. The average molecular weight is 200 g/mol. The maximum atomic E-state index is 4.64. The Kier molecular flexibility index (Phi) is 2.86. The van der Waals surface area contributed by atoms with Gasteiger partial charge in [-0.05, 0) is 32.0 Å². The van der Waals surface area contributed by atoms with Crippen LogP contribution in [0.5, 0.6) is 0 Å². The molecule has 78 valence electrons. The van der Waals surface area contributed by atoms with E-state index in [4.69, 9.17) is 0 Å². The number of nitrogens with zero attached hydrogens (tertiary/aromatic N) is 2. The van der Waals surface area contributed by atoms with Crippen molar-refractivity contribution in [3.05, 3.63) is 36.4 Å². The molecule has 2 rings (SSSR count). The first-order valence-electron chi connectivity index (χ1n) is 5.46. The summed E-state index contributed by atoms with van der Waals surface area (Å²) in [5.41, 5.74) is 1.07. The van der Waals surface area contributed by atoms with Crippen LogP contribution >= 0.6 is 0 Å². The van der Waals surface area contributed by atoms with E-state index in [0.29, 0.717) is 0 Å². The van der Waals surface area contributed by atoms with Crippen molar-refractivity contribution in [2.24, 2.45) is 0 Å².